The van der Waals surface area contributed by atoms with E-state index in [4.69, 9.17) is 5.02 Å². The topological polar surface area (TPSA) is 29.5 Å². The van der Waals surface area contributed by atoms with Gasteiger partial charge in [0.2, 0.25) is 0 Å². The van der Waals surface area contributed by atoms with E-state index in [0.717, 1.165) is 0 Å². The Kier molecular flexibility index (Phi) is 2.85. The van der Waals surface area contributed by atoms with Gasteiger partial charge in [0, 0.05) is 0 Å². The molecule has 1 N–H and O–H groups in total. The van der Waals surface area contributed by atoms with Crippen LogP contribution in [0.2, 0.25) is 0 Å². The summed E-state index contributed by atoms with van der Waals surface area (Å²) < 4.78 is 9.97. The first kappa shape index (κ1) is 3.91. The second kappa shape index (κ2) is 2.91. The van der Waals surface area contributed by atoms with Gasteiger partial charge in [-0.15, -0.1) is 0 Å². The lowest BCUT2D eigenvalue weighted by Crippen LogP contribution is -1.81. The summed E-state index contributed by atoms with van der Waals surface area (Å²) in [7, 11) is -0.847. The van der Waals surface area contributed by atoms with Crippen molar-refractivity contribution in [3.05, 3.63) is 0 Å². The van der Waals surface area contributed by atoms with Gasteiger partial charge in [-0.05, 0) is 0 Å². The molecule has 2 nitrogen and oxygen atoms in total. The lowest BCUT2D eigenvalue weighted by molar-refractivity contribution is -0.0195. The van der Waals surface area contributed by atoms with Gasteiger partial charge in [-0.25, -0.2) is 4.86 Å². The van der Waals surface area contributed by atoms with E-state index in [0.29, 0.717) is 0 Å². The summed E-state index contributed by atoms with van der Waals surface area (Å²) in [4.78, 5) is 2.60. The first-order valence-electron chi connectivity index (χ1n) is 0.759. The highest BCUT2D eigenvalue weighted by molar-refractivity contribution is 6.15. The first-order chi connectivity index (χ1) is 1.91. The summed E-state index contributed by atoms with van der Waals surface area (Å²) in [6, 6.07) is 0. The molecular weight excluding hydrogens is 61.8 g/mol. The van der Waals surface area contributed by atoms with Crippen LogP contribution in [-0.4, -0.2) is 12.7 Å². The van der Waals surface area contributed by atoms with Crippen molar-refractivity contribution in [2.24, 2.45) is 0 Å². The molecule has 0 aliphatic carbocycles. The summed E-state index contributed by atoms with van der Waals surface area (Å²) in [5.41, 5.74) is 0. The third kappa shape index (κ3) is 1.91. The number of rotatable bonds is 1. The molecule has 0 saturated carbocycles. The highest BCUT2D eigenvalue weighted by atomic mass is 19.3. The van der Waals surface area contributed by atoms with E-state index in [1.54, 1.807) is 0 Å². The highest BCUT2D eigenvalue weighted by Crippen LogP contribution is 1.55. The fraction of sp³-hybridized carbons (Fsp3) is 0. The predicted octanol–water partition coefficient (Wildman–Crippen LogP) is -0.854. The van der Waals surface area contributed by atoms with Crippen LogP contribution < -0.4 is 0 Å². The summed E-state index contributed by atoms with van der Waals surface area (Å²) in [5.74, 6) is 0. The number of halogens is 1. The SMILES string of the molecule is OBOF. The molecule has 24 valence electrons. The maximum absolute atomic E-state index is 9.97. The third-order valence-electron chi connectivity index (χ3n) is 0.0488. The molecule has 0 saturated heterocycles. The molecule has 0 fully saturated rings. The molecule has 0 aromatic rings. The smallest absolute Gasteiger partial charge is 0.428 e. The summed E-state index contributed by atoms with van der Waals surface area (Å²) >= 11 is 0. The molecule has 0 bridgehead atoms. The van der Waals surface area contributed by atoms with Crippen molar-refractivity contribution in [1.82, 2.24) is 0 Å². The van der Waals surface area contributed by atoms with Crippen LogP contribution >= 0.6 is 0 Å². The molecule has 0 unspecified atom stereocenters. The van der Waals surface area contributed by atoms with Crippen molar-refractivity contribution in [3.63, 3.8) is 0 Å². The quantitative estimate of drug-likeness (QED) is 0.402. The van der Waals surface area contributed by atoms with Gasteiger partial charge < -0.3 is 5.02 Å². The molecule has 0 aromatic carbocycles. The highest BCUT2D eigenvalue weighted by Gasteiger charge is 1.69. The van der Waals surface area contributed by atoms with Gasteiger partial charge in [0.05, 0.1) is 0 Å². The standard InChI is InChI=1S/BFH2O2/c2-4-1-3/h1,3H. The van der Waals surface area contributed by atoms with Gasteiger partial charge in [0.1, 0.15) is 0 Å². The molecule has 0 spiro atoms. The largest absolute Gasteiger partial charge is 0.478 e. The van der Waals surface area contributed by atoms with E-state index >= 15 is 0 Å². The second-order valence-corrected chi connectivity index (χ2v) is 0.238. The Bertz CT molecular complexity index is 8.00. The number of hydrogen-bond acceptors (Lipinski definition) is 2. The maximum Gasteiger partial charge on any atom is 0.478 e. The molecular formula is H2BFO2. The molecule has 0 radical (unpaired) electrons. The molecule has 0 aliphatic rings. The monoisotopic (exact) mass is 64.0 g/mol. The Hall–Kier alpha value is -0.0851. The Labute approximate surface area is 23.4 Å². The molecule has 4 heavy (non-hydrogen) atoms. The van der Waals surface area contributed by atoms with Crippen LogP contribution in [0.4, 0.5) is 4.53 Å². The second-order valence-electron chi connectivity index (χ2n) is 0.238. The zero-order valence-corrected chi connectivity index (χ0v) is 1.94. The van der Waals surface area contributed by atoms with Crippen LogP contribution in [0.5, 0.6) is 0 Å². The van der Waals surface area contributed by atoms with E-state index < -0.39 is 7.69 Å². The molecule has 0 atom stereocenters. The van der Waals surface area contributed by atoms with Crippen LogP contribution in [0.3, 0.4) is 0 Å². The lowest BCUT2D eigenvalue weighted by atomic mass is 10.4. The fourth-order valence-electron chi connectivity index (χ4n) is 0. The minimum Gasteiger partial charge on any atom is -0.428 e. The molecule has 0 aliphatic heterocycles. The van der Waals surface area contributed by atoms with Crippen LogP contribution in [0.15, 0.2) is 0 Å². The van der Waals surface area contributed by atoms with Crippen molar-refractivity contribution in [1.29, 1.82) is 0 Å². The fourth-order valence-corrected chi connectivity index (χ4v) is 0. The van der Waals surface area contributed by atoms with Crippen LogP contribution in [0.1, 0.15) is 0 Å². The molecule has 0 heterocycles. The van der Waals surface area contributed by atoms with Gasteiger partial charge in [-0.2, -0.15) is 0 Å². The van der Waals surface area contributed by atoms with Gasteiger partial charge in [0.15, 0.2) is 0 Å². The van der Waals surface area contributed by atoms with E-state index in [1.165, 1.54) is 0 Å². The Morgan fingerprint density at radius 2 is 2.25 bits per heavy atom. The normalized spacial score (nSPS) is 6.50. The summed E-state index contributed by atoms with van der Waals surface area (Å²) in [6.45, 7) is 0. The maximum atomic E-state index is 9.97. The van der Waals surface area contributed by atoms with Crippen molar-refractivity contribution in [2.45, 2.75) is 0 Å². The first-order valence-corrected chi connectivity index (χ1v) is 0.759. The van der Waals surface area contributed by atoms with Gasteiger partial charge in [0.25, 0.3) is 0 Å². The average Bonchev–Trinajstić information content (AvgIpc) is 1.37. The third-order valence-corrected chi connectivity index (χ3v) is 0.0488. The Morgan fingerprint density at radius 1 is 2.00 bits per heavy atom. The van der Waals surface area contributed by atoms with E-state index in [-0.39, 0.29) is 0 Å². The lowest BCUT2D eigenvalue weighted by Gasteiger charge is -1.64. The van der Waals surface area contributed by atoms with Gasteiger partial charge in [-0.1, -0.05) is 4.53 Å². The van der Waals surface area contributed by atoms with Crippen molar-refractivity contribution in [2.75, 3.05) is 0 Å². The Balaban J connectivity index is 1.97. The predicted molar refractivity (Wildman–Crippen MR) is 11.6 cm³/mol. The van der Waals surface area contributed by atoms with Crippen LogP contribution in [0.25, 0.3) is 0 Å². The van der Waals surface area contributed by atoms with E-state index in [1.807, 2.05) is 0 Å². The minimum atomic E-state index is -0.847. The van der Waals surface area contributed by atoms with Crippen molar-refractivity contribution in [3.8, 4) is 0 Å². The van der Waals surface area contributed by atoms with Gasteiger partial charge >= 0.3 is 7.69 Å². The van der Waals surface area contributed by atoms with Crippen LogP contribution in [-0.2, 0) is 4.86 Å². The zero-order chi connectivity index (χ0) is 3.41. The molecule has 0 amide bonds. The summed E-state index contributed by atoms with van der Waals surface area (Å²) in [5, 5.41) is 7.28. The van der Waals surface area contributed by atoms with Crippen LogP contribution in [0, 0.1) is 0 Å². The average molecular weight is 63.8 g/mol. The van der Waals surface area contributed by atoms with Gasteiger partial charge in [-0.3, -0.25) is 0 Å². The number of hydrogen-bond donors (Lipinski definition) is 1. The summed E-state index contributed by atoms with van der Waals surface area (Å²) in [6.07, 6.45) is 0. The molecule has 0 aromatic heterocycles. The zero-order valence-electron chi connectivity index (χ0n) is 1.94. The minimum absolute atomic E-state index is 0.847. The van der Waals surface area contributed by atoms with Crippen molar-refractivity contribution >= 4 is 7.69 Å². The van der Waals surface area contributed by atoms with E-state index in [9.17, 15) is 4.53 Å². The molecule has 4 heteroatoms. The molecule has 0 rings (SSSR count). The van der Waals surface area contributed by atoms with Crippen molar-refractivity contribution < 1.29 is 14.4 Å². The Morgan fingerprint density at radius 3 is 2.25 bits per heavy atom. The van der Waals surface area contributed by atoms with E-state index in [2.05, 4.69) is 4.86 Å².